The lowest BCUT2D eigenvalue weighted by Gasteiger charge is -2.16. The molecule has 2 heterocycles. The van der Waals surface area contributed by atoms with E-state index >= 15 is 0 Å². The van der Waals surface area contributed by atoms with Crippen molar-refractivity contribution in [3.63, 3.8) is 0 Å². The van der Waals surface area contributed by atoms with Gasteiger partial charge in [-0.3, -0.25) is 14.7 Å². The summed E-state index contributed by atoms with van der Waals surface area (Å²) in [4.78, 5) is 30.8. The number of rotatable bonds is 4. The molecular formula is C17H19ClFN5O2. The van der Waals surface area contributed by atoms with Gasteiger partial charge < -0.3 is 10.2 Å². The number of nitrogens with zero attached hydrogens (tertiary/aromatic N) is 3. The molecule has 9 heteroatoms. The van der Waals surface area contributed by atoms with Crippen LogP contribution in [0.5, 0.6) is 0 Å². The minimum atomic E-state index is -0.519. The Kier molecular flexibility index (Phi) is 5.22. The molecule has 26 heavy (non-hydrogen) atoms. The molecule has 0 aliphatic carbocycles. The Hall–Kier alpha value is -2.48. The SMILES string of the molecule is CNC(=O)[C@@H]1CN(C(=O)Cc2c(F)cccc2Cl)C[C@H]1c1n[nH]c(C)n1. The fraction of sp³-hybridized carbons (Fsp3) is 0.412. The van der Waals surface area contributed by atoms with Crippen LogP contribution in [0.2, 0.25) is 5.02 Å². The van der Waals surface area contributed by atoms with Crippen molar-refractivity contribution in [1.82, 2.24) is 25.4 Å². The van der Waals surface area contributed by atoms with Gasteiger partial charge in [0.05, 0.1) is 18.3 Å². The van der Waals surface area contributed by atoms with Crippen LogP contribution in [0.25, 0.3) is 0 Å². The van der Waals surface area contributed by atoms with E-state index in [2.05, 4.69) is 20.5 Å². The van der Waals surface area contributed by atoms with Crippen LogP contribution in [0.15, 0.2) is 18.2 Å². The number of aryl methyl sites for hydroxylation is 1. The Morgan fingerprint density at radius 3 is 2.81 bits per heavy atom. The highest BCUT2D eigenvalue weighted by Crippen LogP contribution is 2.32. The predicted molar refractivity (Wildman–Crippen MR) is 93.1 cm³/mol. The minimum Gasteiger partial charge on any atom is -0.359 e. The Balaban J connectivity index is 1.80. The van der Waals surface area contributed by atoms with E-state index in [1.54, 1.807) is 24.9 Å². The lowest BCUT2D eigenvalue weighted by Crippen LogP contribution is -2.34. The number of amides is 2. The molecule has 2 atom stereocenters. The van der Waals surface area contributed by atoms with E-state index in [0.717, 1.165) is 0 Å². The molecule has 0 saturated carbocycles. The van der Waals surface area contributed by atoms with Crippen molar-refractivity contribution < 1.29 is 14.0 Å². The summed E-state index contributed by atoms with van der Waals surface area (Å²) in [6, 6.07) is 4.31. The maximum atomic E-state index is 14.0. The summed E-state index contributed by atoms with van der Waals surface area (Å²) in [6.07, 6.45) is -0.161. The smallest absolute Gasteiger partial charge is 0.227 e. The number of hydrogen-bond donors (Lipinski definition) is 2. The highest BCUT2D eigenvalue weighted by atomic mass is 35.5. The van der Waals surface area contributed by atoms with Crippen LogP contribution in [0.4, 0.5) is 4.39 Å². The molecule has 1 aromatic heterocycles. The number of benzene rings is 1. The molecule has 1 fully saturated rings. The summed E-state index contributed by atoms with van der Waals surface area (Å²) >= 11 is 6.01. The molecule has 138 valence electrons. The van der Waals surface area contributed by atoms with Gasteiger partial charge in [-0.15, -0.1) is 0 Å². The molecule has 2 amide bonds. The highest BCUT2D eigenvalue weighted by Gasteiger charge is 2.42. The second-order valence-electron chi connectivity index (χ2n) is 6.28. The normalized spacial score (nSPS) is 19.6. The quantitative estimate of drug-likeness (QED) is 0.840. The number of aromatic nitrogens is 3. The molecule has 0 spiro atoms. The molecule has 0 unspecified atom stereocenters. The Morgan fingerprint density at radius 2 is 2.19 bits per heavy atom. The molecule has 2 N–H and O–H groups in total. The molecule has 1 aliphatic rings. The van der Waals surface area contributed by atoms with Gasteiger partial charge in [0.15, 0.2) is 5.82 Å². The van der Waals surface area contributed by atoms with Crippen LogP contribution in [0.1, 0.15) is 23.1 Å². The summed E-state index contributed by atoms with van der Waals surface area (Å²) < 4.78 is 14.0. The number of H-pyrrole nitrogens is 1. The van der Waals surface area contributed by atoms with Gasteiger partial charge in [0.2, 0.25) is 11.8 Å². The highest BCUT2D eigenvalue weighted by molar-refractivity contribution is 6.31. The first-order valence-electron chi connectivity index (χ1n) is 8.22. The monoisotopic (exact) mass is 379 g/mol. The summed E-state index contributed by atoms with van der Waals surface area (Å²) in [5, 5.41) is 9.72. The van der Waals surface area contributed by atoms with Crippen LogP contribution in [0.3, 0.4) is 0 Å². The Labute approximate surface area is 154 Å². The van der Waals surface area contributed by atoms with Gasteiger partial charge in [-0.05, 0) is 19.1 Å². The first-order valence-corrected chi connectivity index (χ1v) is 8.59. The zero-order valence-corrected chi connectivity index (χ0v) is 15.2. The van der Waals surface area contributed by atoms with Gasteiger partial charge in [-0.1, -0.05) is 17.7 Å². The van der Waals surface area contributed by atoms with Crippen molar-refractivity contribution in [2.24, 2.45) is 5.92 Å². The summed E-state index contributed by atoms with van der Waals surface area (Å²) in [5.74, 6) is -0.643. The van der Waals surface area contributed by atoms with E-state index in [4.69, 9.17) is 11.6 Å². The van der Waals surface area contributed by atoms with Crippen molar-refractivity contribution in [2.75, 3.05) is 20.1 Å². The van der Waals surface area contributed by atoms with Crippen LogP contribution < -0.4 is 5.32 Å². The fourth-order valence-electron chi connectivity index (χ4n) is 3.21. The third-order valence-corrected chi connectivity index (χ3v) is 4.95. The molecule has 1 aliphatic heterocycles. The van der Waals surface area contributed by atoms with Gasteiger partial charge in [0, 0.05) is 30.7 Å². The molecule has 1 saturated heterocycles. The average Bonchev–Trinajstić information content (AvgIpc) is 3.23. The number of carbonyl (C=O) groups excluding carboxylic acids is 2. The van der Waals surface area contributed by atoms with E-state index in [1.165, 1.54) is 12.1 Å². The number of likely N-dealkylation sites (tertiary alicyclic amines) is 1. The lowest BCUT2D eigenvalue weighted by molar-refractivity contribution is -0.130. The van der Waals surface area contributed by atoms with Gasteiger partial charge in [-0.2, -0.15) is 5.10 Å². The number of halogens is 2. The van der Waals surface area contributed by atoms with Crippen molar-refractivity contribution >= 4 is 23.4 Å². The van der Waals surface area contributed by atoms with E-state index in [9.17, 15) is 14.0 Å². The van der Waals surface area contributed by atoms with Crippen LogP contribution in [-0.4, -0.2) is 52.0 Å². The molecule has 2 aromatic rings. The van der Waals surface area contributed by atoms with Crippen LogP contribution in [-0.2, 0) is 16.0 Å². The molecular weight excluding hydrogens is 361 g/mol. The van der Waals surface area contributed by atoms with Crippen molar-refractivity contribution in [3.8, 4) is 0 Å². The molecule has 1 aromatic carbocycles. The van der Waals surface area contributed by atoms with E-state index in [0.29, 0.717) is 18.2 Å². The van der Waals surface area contributed by atoms with Gasteiger partial charge in [-0.25, -0.2) is 9.37 Å². The topological polar surface area (TPSA) is 91.0 Å². The third-order valence-electron chi connectivity index (χ3n) is 4.59. The van der Waals surface area contributed by atoms with Crippen molar-refractivity contribution in [2.45, 2.75) is 19.3 Å². The van der Waals surface area contributed by atoms with Crippen LogP contribution >= 0.6 is 11.6 Å². The zero-order valence-electron chi connectivity index (χ0n) is 14.4. The molecule has 0 bridgehead atoms. The molecule has 3 rings (SSSR count). The number of nitrogens with one attached hydrogen (secondary N) is 2. The first-order chi connectivity index (χ1) is 12.4. The molecule has 7 nitrogen and oxygen atoms in total. The fourth-order valence-corrected chi connectivity index (χ4v) is 3.44. The van der Waals surface area contributed by atoms with Crippen LogP contribution in [0, 0.1) is 18.7 Å². The molecule has 0 radical (unpaired) electrons. The van der Waals surface area contributed by atoms with Gasteiger partial charge >= 0.3 is 0 Å². The van der Waals surface area contributed by atoms with E-state index < -0.39 is 11.7 Å². The maximum Gasteiger partial charge on any atom is 0.227 e. The Morgan fingerprint density at radius 1 is 1.42 bits per heavy atom. The van der Waals surface area contributed by atoms with Crippen molar-refractivity contribution in [3.05, 3.63) is 46.3 Å². The number of hydrogen-bond acceptors (Lipinski definition) is 4. The summed E-state index contributed by atoms with van der Waals surface area (Å²) in [6.45, 7) is 2.28. The maximum absolute atomic E-state index is 14.0. The number of aromatic amines is 1. The second kappa shape index (κ2) is 7.41. The van der Waals surface area contributed by atoms with E-state index in [-0.39, 0.29) is 41.3 Å². The first kappa shape index (κ1) is 18.3. The van der Waals surface area contributed by atoms with Gasteiger partial charge in [0.1, 0.15) is 11.6 Å². The standard InChI is InChI=1S/C17H19ClFN5O2/c1-9-21-16(23-22-9)11-7-24(8-12(11)17(26)20-2)15(25)6-10-13(18)4-3-5-14(10)19/h3-5,11-12H,6-8H2,1-2H3,(H,20,26)(H,21,22,23)/t11-,12-/m1/s1. The summed E-state index contributed by atoms with van der Waals surface area (Å²) in [5.41, 5.74) is 0.160. The van der Waals surface area contributed by atoms with Gasteiger partial charge in [0.25, 0.3) is 0 Å². The van der Waals surface area contributed by atoms with E-state index in [1.807, 2.05) is 0 Å². The zero-order chi connectivity index (χ0) is 18.8. The third kappa shape index (κ3) is 3.55. The van der Waals surface area contributed by atoms with Crippen molar-refractivity contribution in [1.29, 1.82) is 0 Å². The minimum absolute atomic E-state index is 0.160. The average molecular weight is 380 g/mol. The lowest BCUT2D eigenvalue weighted by atomic mass is 9.94. The second-order valence-corrected chi connectivity index (χ2v) is 6.69. The Bertz CT molecular complexity index is 820. The summed E-state index contributed by atoms with van der Waals surface area (Å²) in [7, 11) is 1.55. The largest absolute Gasteiger partial charge is 0.359 e. The number of carbonyl (C=O) groups is 2. The predicted octanol–water partition coefficient (Wildman–Crippen LogP) is 1.44.